The fraction of sp³-hybridized carbons (Fsp3) is 0.0417. The van der Waals surface area contributed by atoms with Crippen molar-refractivity contribution in [3.8, 4) is 11.8 Å². The van der Waals surface area contributed by atoms with Crippen molar-refractivity contribution in [2.45, 2.75) is 11.8 Å². The number of hydrogen-bond donors (Lipinski definition) is 2. The van der Waals surface area contributed by atoms with Gasteiger partial charge in [-0.25, -0.2) is 9.78 Å². The summed E-state index contributed by atoms with van der Waals surface area (Å²) >= 11 is 4.54. The number of carboxylic acids is 1. The van der Waals surface area contributed by atoms with E-state index in [2.05, 4.69) is 32.0 Å². The fourth-order valence-electron chi connectivity index (χ4n) is 3.00. The molecule has 0 unspecified atom stereocenters. The van der Waals surface area contributed by atoms with E-state index in [-0.39, 0.29) is 11.5 Å². The summed E-state index contributed by atoms with van der Waals surface area (Å²) in [4.78, 5) is 19.5. The lowest BCUT2D eigenvalue weighted by atomic mass is 10.1. The number of nitrogens with zero attached hydrogens (tertiary/aromatic N) is 2. The van der Waals surface area contributed by atoms with Crippen molar-refractivity contribution in [3.63, 3.8) is 0 Å². The molecule has 6 nitrogen and oxygen atoms in total. The molecule has 1 heterocycles. The number of nitriles is 1. The number of imidazole rings is 1. The van der Waals surface area contributed by atoms with Crippen molar-refractivity contribution in [2.75, 3.05) is 0 Å². The van der Waals surface area contributed by atoms with Gasteiger partial charge in [-0.1, -0.05) is 36.4 Å². The van der Waals surface area contributed by atoms with Crippen LogP contribution in [0.3, 0.4) is 0 Å². The average Bonchev–Trinajstić information content (AvgIpc) is 3.20. The second kappa shape index (κ2) is 9.73. The summed E-state index contributed by atoms with van der Waals surface area (Å²) in [5.41, 5.74) is 3.68. The minimum Gasteiger partial charge on any atom is -0.488 e. The lowest BCUT2D eigenvalue weighted by molar-refractivity contribution is -0.131. The van der Waals surface area contributed by atoms with Gasteiger partial charge >= 0.3 is 5.97 Å². The number of fused-ring (bicyclic) bond motifs is 1. The van der Waals surface area contributed by atoms with Gasteiger partial charge in [0.2, 0.25) is 0 Å². The highest BCUT2D eigenvalue weighted by Crippen LogP contribution is 2.31. The summed E-state index contributed by atoms with van der Waals surface area (Å²) in [6.45, 7) is 0.250. The van der Waals surface area contributed by atoms with E-state index < -0.39 is 5.97 Å². The van der Waals surface area contributed by atoms with Crippen LogP contribution in [0.25, 0.3) is 17.1 Å². The van der Waals surface area contributed by atoms with Crippen LogP contribution in [0.5, 0.6) is 5.75 Å². The molecule has 32 heavy (non-hydrogen) atoms. The SMILES string of the molecule is N#Cc1ccccc1COc1ccc(/C=C(\Sc2nc3ccccc3[nH]2)C(=O)O)cc1Br. The molecule has 0 saturated heterocycles. The molecule has 8 heteroatoms. The first-order valence-corrected chi connectivity index (χ1v) is 11.1. The third-order valence-corrected chi connectivity index (χ3v) is 6.08. The summed E-state index contributed by atoms with van der Waals surface area (Å²) in [7, 11) is 0. The van der Waals surface area contributed by atoms with Gasteiger partial charge in [-0.2, -0.15) is 5.26 Å². The minimum atomic E-state index is -1.04. The summed E-state index contributed by atoms with van der Waals surface area (Å²) in [5, 5.41) is 19.4. The van der Waals surface area contributed by atoms with Crippen LogP contribution in [-0.4, -0.2) is 21.0 Å². The third-order valence-electron chi connectivity index (χ3n) is 4.56. The highest BCUT2D eigenvalue weighted by Gasteiger charge is 2.14. The van der Waals surface area contributed by atoms with E-state index in [0.717, 1.165) is 28.4 Å². The van der Waals surface area contributed by atoms with Crippen molar-refractivity contribution in [1.82, 2.24) is 9.97 Å². The highest BCUT2D eigenvalue weighted by atomic mass is 79.9. The largest absolute Gasteiger partial charge is 0.488 e. The van der Waals surface area contributed by atoms with Crippen LogP contribution in [0.1, 0.15) is 16.7 Å². The Morgan fingerprint density at radius 1 is 1.19 bits per heavy atom. The zero-order valence-electron chi connectivity index (χ0n) is 16.6. The molecule has 0 bridgehead atoms. The van der Waals surface area contributed by atoms with Gasteiger partial charge in [-0.15, -0.1) is 0 Å². The summed E-state index contributed by atoms with van der Waals surface area (Å²) in [6, 6.07) is 22.3. The number of halogens is 1. The molecule has 0 saturated carbocycles. The van der Waals surface area contributed by atoms with E-state index in [4.69, 9.17) is 4.74 Å². The molecular formula is C24H16BrN3O3S. The maximum atomic E-state index is 11.8. The molecule has 0 atom stereocenters. The van der Waals surface area contributed by atoms with E-state index >= 15 is 0 Å². The summed E-state index contributed by atoms with van der Waals surface area (Å²) in [5.74, 6) is -0.447. The molecule has 0 radical (unpaired) electrons. The Morgan fingerprint density at radius 3 is 2.72 bits per heavy atom. The Bertz CT molecular complexity index is 1340. The molecule has 3 aromatic carbocycles. The Balaban J connectivity index is 1.52. The normalized spacial score (nSPS) is 11.3. The number of hydrogen-bond acceptors (Lipinski definition) is 5. The van der Waals surface area contributed by atoms with Crippen molar-refractivity contribution >= 4 is 50.8 Å². The van der Waals surface area contributed by atoms with Gasteiger partial charge < -0.3 is 14.8 Å². The number of nitrogens with one attached hydrogen (secondary N) is 1. The second-order valence-electron chi connectivity index (χ2n) is 6.72. The number of rotatable bonds is 7. The zero-order valence-corrected chi connectivity index (χ0v) is 19.0. The van der Waals surface area contributed by atoms with Crippen LogP contribution in [0.4, 0.5) is 0 Å². The van der Waals surface area contributed by atoms with Gasteiger partial charge in [-0.3, -0.25) is 0 Å². The minimum absolute atomic E-state index is 0.132. The van der Waals surface area contributed by atoms with Gasteiger partial charge in [0.25, 0.3) is 0 Å². The number of aliphatic carboxylic acids is 1. The maximum Gasteiger partial charge on any atom is 0.342 e. The summed E-state index contributed by atoms with van der Waals surface area (Å²) < 4.78 is 6.53. The molecule has 1 aromatic heterocycles. The molecule has 0 amide bonds. The van der Waals surface area contributed by atoms with E-state index in [1.54, 1.807) is 30.3 Å². The lowest BCUT2D eigenvalue weighted by Gasteiger charge is -2.10. The number of thioether (sulfide) groups is 1. The van der Waals surface area contributed by atoms with Crippen LogP contribution in [0, 0.1) is 11.3 Å². The first-order valence-electron chi connectivity index (χ1n) is 9.51. The van der Waals surface area contributed by atoms with Gasteiger partial charge in [0.1, 0.15) is 17.3 Å². The molecule has 2 N–H and O–H groups in total. The Hall–Kier alpha value is -3.54. The number of ether oxygens (including phenoxy) is 1. The fourth-order valence-corrected chi connectivity index (χ4v) is 4.31. The molecule has 158 valence electrons. The smallest absolute Gasteiger partial charge is 0.342 e. The topological polar surface area (TPSA) is 99.0 Å². The lowest BCUT2D eigenvalue weighted by Crippen LogP contribution is -1.99. The number of carbonyl (C=O) groups is 1. The average molecular weight is 506 g/mol. The Kier molecular flexibility index (Phi) is 6.59. The van der Waals surface area contributed by atoms with Crippen molar-refractivity contribution in [2.24, 2.45) is 0 Å². The first-order chi connectivity index (χ1) is 15.5. The summed E-state index contributed by atoms with van der Waals surface area (Å²) in [6.07, 6.45) is 1.58. The number of benzene rings is 3. The first kappa shape index (κ1) is 21.7. The Morgan fingerprint density at radius 2 is 1.97 bits per heavy atom. The predicted molar refractivity (Wildman–Crippen MR) is 127 cm³/mol. The van der Waals surface area contributed by atoms with Gasteiger partial charge in [0, 0.05) is 5.56 Å². The third kappa shape index (κ3) is 5.02. The highest BCUT2D eigenvalue weighted by molar-refractivity contribution is 9.10. The van der Waals surface area contributed by atoms with Crippen LogP contribution in [0.2, 0.25) is 0 Å². The number of aromatic amines is 1. The zero-order chi connectivity index (χ0) is 22.5. The second-order valence-corrected chi connectivity index (χ2v) is 8.61. The van der Waals surface area contributed by atoms with E-state index in [1.807, 2.05) is 42.5 Å². The van der Waals surface area contributed by atoms with Crippen LogP contribution < -0.4 is 4.74 Å². The predicted octanol–water partition coefficient (Wildman–Crippen LogP) is 5.99. The van der Waals surface area contributed by atoms with Gasteiger partial charge in [0.15, 0.2) is 5.16 Å². The molecular weight excluding hydrogens is 490 g/mol. The van der Waals surface area contributed by atoms with E-state index in [1.165, 1.54) is 0 Å². The number of para-hydroxylation sites is 2. The molecule has 4 rings (SSSR count). The van der Waals surface area contributed by atoms with Crippen molar-refractivity contribution in [3.05, 3.63) is 92.8 Å². The van der Waals surface area contributed by atoms with Gasteiger partial charge in [-0.05, 0) is 69.7 Å². The molecule has 0 aliphatic heterocycles. The van der Waals surface area contributed by atoms with E-state index in [0.29, 0.717) is 26.5 Å². The standard InChI is InChI=1S/C24H16BrN3O3S/c25-18-11-15(9-10-21(18)31-14-17-6-2-1-5-16(17)13-26)12-22(23(29)30)32-24-27-19-7-3-4-8-20(19)28-24/h1-12H,14H2,(H,27,28)(H,29,30)/b22-12-. The van der Waals surface area contributed by atoms with Crippen LogP contribution >= 0.6 is 27.7 Å². The van der Waals surface area contributed by atoms with Gasteiger partial charge in [0.05, 0.1) is 27.1 Å². The van der Waals surface area contributed by atoms with Crippen molar-refractivity contribution < 1.29 is 14.6 Å². The maximum absolute atomic E-state index is 11.8. The number of aromatic nitrogens is 2. The van der Waals surface area contributed by atoms with E-state index in [9.17, 15) is 15.2 Å². The molecule has 0 aliphatic carbocycles. The number of carboxylic acid groups (broad SMARTS) is 1. The number of H-pyrrole nitrogens is 1. The van der Waals surface area contributed by atoms with Crippen LogP contribution in [0.15, 0.2) is 81.3 Å². The van der Waals surface area contributed by atoms with Crippen LogP contribution in [-0.2, 0) is 11.4 Å². The van der Waals surface area contributed by atoms with Crippen molar-refractivity contribution in [1.29, 1.82) is 5.26 Å². The molecule has 0 fully saturated rings. The quantitative estimate of drug-likeness (QED) is 0.236. The molecule has 4 aromatic rings. The monoisotopic (exact) mass is 505 g/mol. The molecule has 0 aliphatic rings. The Labute approximate surface area is 196 Å². The molecule has 0 spiro atoms.